The van der Waals surface area contributed by atoms with Crippen molar-refractivity contribution in [1.82, 2.24) is 10.2 Å². The molecule has 0 spiro atoms. The zero-order valence-electron chi connectivity index (χ0n) is 14.2. The molecule has 1 atom stereocenters. The summed E-state index contributed by atoms with van der Waals surface area (Å²) in [7, 11) is 0. The molecule has 0 aliphatic carbocycles. The maximum atomic E-state index is 3.74. The van der Waals surface area contributed by atoms with Gasteiger partial charge in [-0.1, -0.05) is 52.0 Å². The van der Waals surface area contributed by atoms with Crippen molar-refractivity contribution in [2.24, 2.45) is 5.92 Å². The summed E-state index contributed by atoms with van der Waals surface area (Å²) in [6.45, 7) is 12.7. The summed E-state index contributed by atoms with van der Waals surface area (Å²) >= 11 is 0. The van der Waals surface area contributed by atoms with E-state index in [4.69, 9.17) is 0 Å². The first-order chi connectivity index (χ1) is 10.1. The van der Waals surface area contributed by atoms with E-state index < -0.39 is 0 Å². The molecule has 2 nitrogen and oxygen atoms in total. The van der Waals surface area contributed by atoms with Crippen molar-refractivity contribution in [3.8, 4) is 0 Å². The van der Waals surface area contributed by atoms with Gasteiger partial charge in [0.2, 0.25) is 0 Å². The van der Waals surface area contributed by atoms with Gasteiger partial charge >= 0.3 is 0 Å². The second-order valence-electron chi connectivity index (χ2n) is 6.87. The van der Waals surface area contributed by atoms with E-state index >= 15 is 0 Å². The van der Waals surface area contributed by atoms with Crippen LogP contribution in [0.4, 0.5) is 0 Å². The lowest BCUT2D eigenvalue weighted by Crippen LogP contribution is -2.48. The van der Waals surface area contributed by atoms with Gasteiger partial charge in [-0.25, -0.2) is 0 Å². The number of hydrogen-bond acceptors (Lipinski definition) is 2. The average molecular weight is 288 g/mol. The summed E-state index contributed by atoms with van der Waals surface area (Å²) in [4.78, 5) is 2.72. The van der Waals surface area contributed by atoms with Crippen molar-refractivity contribution in [2.45, 2.75) is 65.6 Å². The summed E-state index contributed by atoms with van der Waals surface area (Å²) in [5, 5.41) is 3.74. The summed E-state index contributed by atoms with van der Waals surface area (Å²) in [6, 6.07) is 10.2. The normalized spacial score (nSPS) is 18.5. The number of benzene rings is 1. The minimum absolute atomic E-state index is 0.597. The highest BCUT2D eigenvalue weighted by Crippen LogP contribution is 2.19. The monoisotopic (exact) mass is 288 g/mol. The first-order valence-electron chi connectivity index (χ1n) is 8.68. The number of fused-ring (bicyclic) bond motifs is 1. The highest BCUT2D eigenvalue weighted by molar-refractivity contribution is 5.29. The largest absolute Gasteiger partial charge is 0.308 e. The van der Waals surface area contributed by atoms with E-state index in [1.807, 2.05) is 0 Å². The maximum absolute atomic E-state index is 3.74. The second kappa shape index (κ2) is 7.95. The van der Waals surface area contributed by atoms with Crippen LogP contribution in [0.25, 0.3) is 0 Å². The molecule has 1 unspecified atom stereocenters. The first-order valence-corrected chi connectivity index (χ1v) is 8.68. The molecule has 1 aliphatic rings. The van der Waals surface area contributed by atoms with E-state index in [-0.39, 0.29) is 0 Å². The molecule has 0 saturated carbocycles. The molecule has 0 saturated heterocycles. The van der Waals surface area contributed by atoms with Gasteiger partial charge in [0, 0.05) is 31.7 Å². The Bertz CT molecular complexity index is 423. The molecule has 21 heavy (non-hydrogen) atoms. The fourth-order valence-corrected chi connectivity index (χ4v) is 3.58. The van der Waals surface area contributed by atoms with Crippen molar-refractivity contribution in [3.05, 3.63) is 35.4 Å². The lowest BCUT2D eigenvalue weighted by Gasteiger charge is -2.37. The standard InChI is InChI=1S/C19H32N2/c1-5-19(6-2)21(13-15(3)4)14-18-11-16-9-7-8-10-17(16)12-20-18/h7-10,15,18-20H,5-6,11-14H2,1-4H3. The van der Waals surface area contributed by atoms with Crippen molar-refractivity contribution >= 4 is 0 Å². The van der Waals surface area contributed by atoms with Gasteiger partial charge in [-0.3, -0.25) is 4.90 Å². The molecular formula is C19H32N2. The molecule has 1 N–H and O–H groups in total. The van der Waals surface area contributed by atoms with E-state index in [1.165, 1.54) is 43.5 Å². The Morgan fingerprint density at radius 1 is 1.14 bits per heavy atom. The third-order valence-corrected chi connectivity index (χ3v) is 4.68. The van der Waals surface area contributed by atoms with E-state index in [0.717, 1.165) is 18.5 Å². The first kappa shape index (κ1) is 16.5. The Morgan fingerprint density at radius 3 is 2.43 bits per heavy atom. The highest BCUT2D eigenvalue weighted by atomic mass is 15.2. The third-order valence-electron chi connectivity index (χ3n) is 4.68. The lowest BCUT2D eigenvalue weighted by molar-refractivity contribution is 0.146. The Hall–Kier alpha value is -0.860. The van der Waals surface area contributed by atoms with Gasteiger partial charge in [0.15, 0.2) is 0 Å². The Morgan fingerprint density at radius 2 is 1.81 bits per heavy atom. The second-order valence-corrected chi connectivity index (χ2v) is 6.87. The van der Waals surface area contributed by atoms with Crippen LogP contribution >= 0.6 is 0 Å². The molecule has 1 heterocycles. The van der Waals surface area contributed by atoms with Crippen LogP contribution < -0.4 is 5.32 Å². The number of nitrogens with zero attached hydrogens (tertiary/aromatic N) is 1. The van der Waals surface area contributed by atoms with Crippen LogP contribution in [0.15, 0.2) is 24.3 Å². The molecule has 0 fully saturated rings. The maximum Gasteiger partial charge on any atom is 0.0238 e. The molecule has 2 rings (SSSR count). The summed E-state index contributed by atoms with van der Waals surface area (Å²) in [5.41, 5.74) is 3.02. The Labute approximate surface area is 130 Å². The fraction of sp³-hybridized carbons (Fsp3) is 0.684. The molecule has 2 heteroatoms. The highest BCUT2D eigenvalue weighted by Gasteiger charge is 2.23. The van der Waals surface area contributed by atoms with Crippen molar-refractivity contribution < 1.29 is 0 Å². The summed E-state index contributed by atoms with van der Waals surface area (Å²) < 4.78 is 0. The van der Waals surface area contributed by atoms with Crippen LogP contribution in [-0.4, -0.2) is 30.1 Å². The van der Waals surface area contributed by atoms with Gasteiger partial charge in [0.25, 0.3) is 0 Å². The molecule has 0 aromatic heterocycles. The van der Waals surface area contributed by atoms with Gasteiger partial charge in [0.1, 0.15) is 0 Å². The average Bonchev–Trinajstić information content (AvgIpc) is 2.47. The SMILES string of the molecule is CCC(CC)N(CC(C)C)CC1Cc2ccccc2CN1. The minimum atomic E-state index is 0.597. The summed E-state index contributed by atoms with van der Waals surface area (Å²) in [5.74, 6) is 0.737. The van der Waals surface area contributed by atoms with Crippen LogP contribution in [0.3, 0.4) is 0 Å². The third kappa shape index (κ3) is 4.55. The predicted molar refractivity (Wildman–Crippen MR) is 91.6 cm³/mol. The lowest BCUT2D eigenvalue weighted by atomic mass is 9.95. The smallest absolute Gasteiger partial charge is 0.0238 e. The predicted octanol–water partition coefficient (Wildman–Crippen LogP) is 3.85. The van der Waals surface area contributed by atoms with Gasteiger partial charge < -0.3 is 5.32 Å². The van der Waals surface area contributed by atoms with Crippen LogP contribution in [0.5, 0.6) is 0 Å². The molecule has 0 bridgehead atoms. The van der Waals surface area contributed by atoms with Gasteiger partial charge in [-0.15, -0.1) is 0 Å². The van der Waals surface area contributed by atoms with Crippen LogP contribution in [-0.2, 0) is 13.0 Å². The Balaban J connectivity index is 2.00. The van der Waals surface area contributed by atoms with Crippen LogP contribution in [0.2, 0.25) is 0 Å². The van der Waals surface area contributed by atoms with E-state index in [1.54, 1.807) is 0 Å². The van der Waals surface area contributed by atoms with Crippen molar-refractivity contribution in [2.75, 3.05) is 13.1 Å². The fourth-order valence-electron chi connectivity index (χ4n) is 3.58. The molecular weight excluding hydrogens is 256 g/mol. The Kier molecular flexibility index (Phi) is 6.25. The molecule has 1 aromatic rings. The van der Waals surface area contributed by atoms with Crippen LogP contribution in [0.1, 0.15) is 51.7 Å². The van der Waals surface area contributed by atoms with E-state index in [9.17, 15) is 0 Å². The van der Waals surface area contributed by atoms with Gasteiger partial charge in [-0.2, -0.15) is 0 Å². The van der Waals surface area contributed by atoms with Crippen molar-refractivity contribution in [3.63, 3.8) is 0 Å². The molecule has 118 valence electrons. The summed E-state index contributed by atoms with van der Waals surface area (Å²) in [6.07, 6.45) is 3.68. The van der Waals surface area contributed by atoms with E-state index in [2.05, 4.69) is 62.2 Å². The molecule has 1 aliphatic heterocycles. The van der Waals surface area contributed by atoms with Crippen molar-refractivity contribution in [1.29, 1.82) is 0 Å². The minimum Gasteiger partial charge on any atom is -0.308 e. The number of rotatable bonds is 7. The van der Waals surface area contributed by atoms with Crippen LogP contribution in [0, 0.1) is 5.92 Å². The van der Waals surface area contributed by atoms with Gasteiger partial charge in [-0.05, 0) is 36.3 Å². The zero-order chi connectivity index (χ0) is 15.2. The molecule has 0 amide bonds. The van der Waals surface area contributed by atoms with Gasteiger partial charge in [0.05, 0.1) is 0 Å². The quantitative estimate of drug-likeness (QED) is 0.820. The number of nitrogens with one attached hydrogen (secondary N) is 1. The number of hydrogen-bond donors (Lipinski definition) is 1. The zero-order valence-corrected chi connectivity index (χ0v) is 14.2. The molecule has 0 radical (unpaired) electrons. The van der Waals surface area contributed by atoms with E-state index in [0.29, 0.717) is 6.04 Å². The molecule has 1 aromatic carbocycles. The topological polar surface area (TPSA) is 15.3 Å².